The summed E-state index contributed by atoms with van der Waals surface area (Å²) in [5.41, 5.74) is 1.01. The Labute approximate surface area is 239 Å². The van der Waals surface area contributed by atoms with Crippen LogP contribution in [0.15, 0.2) is 24.3 Å². The Kier molecular flexibility index (Phi) is 9.10. The predicted octanol–water partition coefficient (Wildman–Crippen LogP) is 1.11. The first-order chi connectivity index (χ1) is 19.7. The highest BCUT2D eigenvalue weighted by atomic mass is 19.3. The first-order valence-electron chi connectivity index (χ1n) is 14.6. The summed E-state index contributed by atoms with van der Waals surface area (Å²) in [6.45, 7) is 3.09. The summed E-state index contributed by atoms with van der Waals surface area (Å²) in [5, 5.41) is 8.81. The summed E-state index contributed by atoms with van der Waals surface area (Å²) in [6.07, 6.45) is 1.51. The lowest BCUT2D eigenvalue weighted by Gasteiger charge is -2.45. The van der Waals surface area contributed by atoms with Crippen LogP contribution in [-0.4, -0.2) is 111 Å². The third-order valence-electron chi connectivity index (χ3n) is 8.99. The number of nitrogens with one attached hydrogen (secondary N) is 3. The summed E-state index contributed by atoms with van der Waals surface area (Å²) in [7, 11) is 1.66. The van der Waals surface area contributed by atoms with Crippen molar-refractivity contribution in [2.45, 2.75) is 68.6 Å². The molecule has 0 aromatic heterocycles. The van der Waals surface area contributed by atoms with E-state index < -0.39 is 42.5 Å². The van der Waals surface area contributed by atoms with Gasteiger partial charge in [0.15, 0.2) is 0 Å². The number of amides is 3. The van der Waals surface area contributed by atoms with Crippen molar-refractivity contribution in [1.82, 2.24) is 25.8 Å². The van der Waals surface area contributed by atoms with Gasteiger partial charge in [0.2, 0.25) is 17.7 Å². The number of likely N-dealkylation sites (N-methyl/N-ethyl adjacent to an activating group) is 1. The molecule has 3 fully saturated rings. The molecule has 10 nitrogen and oxygen atoms in total. The summed E-state index contributed by atoms with van der Waals surface area (Å²) in [4.78, 5) is 43.9. The van der Waals surface area contributed by atoms with Crippen LogP contribution in [0.3, 0.4) is 0 Å². The van der Waals surface area contributed by atoms with Gasteiger partial charge in [-0.15, -0.1) is 0 Å². The molecule has 4 heterocycles. The van der Waals surface area contributed by atoms with Crippen LogP contribution in [0.2, 0.25) is 0 Å². The van der Waals surface area contributed by atoms with Crippen LogP contribution in [-0.2, 0) is 19.1 Å². The van der Waals surface area contributed by atoms with Crippen molar-refractivity contribution in [3.05, 3.63) is 29.8 Å². The van der Waals surface area contributed by atoms with E-state index in [1.54, 1.807) is 18.9 Å². The molecule has 3 amide bonds. The molecule has 3 N–H and O–H groups in total. The number of piperazine rings is 1. The molecular formula is C29H41F2N5O5. The van der Waals surface area contributed by atoms with Crippen LogP contribution >= 0.6 is 0 Å². The molecule has 1 aromatic rings. The molecule has 0 spiro atoms. The van der Waals surface area contributed by atoms with Gasteiger partial charge in [0.25, 0.3) is 5.92 Å². The number of hydrogen-bond donors (Lipinski definition) is 3. The van der Waals surface area contributed by atoms with Gasteiger partial charge >= 0.3 is 0 Å². The van der Waals surface area contributed by atoms with Crippen molar-refractivity contribution in [1.29, 1.82) is 0 Å². The van der Waals surface area contributed by atoms with Gasteiger partial charge in [-0.05, 0) is 50.8 Å². The van der Waals surface area contributed by atoms with Gasteiger partial charge in [-0.25, -0.2) is 8.78 Å². The molecule has 5 rings (SSSR count). The zero-order valence-electron chi connectivity index (χ0n) is 23.7. The topological polar surface area (TPSA) is 112 Å². The number of rotatable bonds is 8. The minimum atomic E-state index is -2.88. The molecule has 226 valence electrons. The molecule has 0 radical (unpaired) electrons. The maximum Gasteiger partial charge on any atom is 0.262 e. The maximum atomic E-state index is 14.4. The molecule has 4 aliphatic rings. The smallest absolute Gasteiger partial charge is 0.262 e. The van der Waals surface area contributed by atoms with E-state index in [1.165, 1.54) is 4.90 Å². The van der Waals surface area contributed by atoms with Gasteiger partial charge in [0.05, 0.1) is 19.2 Å². The lowest BCUT2D eigenvalue weighted by Crippen LogP contribution is -2.66. The second-order valence-electron chi connectivity index (χ2n) is 11.7. The lowest BCUT2D eigenvalue weighted by atomic mass is 9.89. The number of fused-ring (bicyclic) bond motifs is 2. The average Bonchev–Trinajstić information content (AvgIpc) is 3.30. The molecule has 5 atom stereocenters. The minimum Gasteiger partial charge on any atom is -0.493 e. The van der Waals surface area contributed by atoms with Crippen LogP contribution in [0.25, 0.3) is 0 Å². The van der Waals surface area contributed by atoms with Gasteiger partial charge in [0, 0.05) is 51.2 Å². The molecule has 1 aromatic carbocycles. The van der Waals surface area contributed by atoms with Crippen LogP contribution in [0, 0.1) is 5.92 Å². The zero-order valence-corrected chi connectivity index (χ0v) is 23.7. The van der Waals surface area contributed by atoms with Crippen molar-refractivity contribution >= 4 is 17.7 Å². The van der Waals surface area contributed by atoms with E-state index in [0.717, 1.165) is 17.7 Å². The number of benzene rings is 1. The minimum absolute atomic E-state index is 0.00375. The third-order valence-corrected chi connectivity index (χ3v) is 8.99. The SMILES string of the molecule is CN[C@@H](C)C(=O)N[C@H](C(=O)N1C[C@H]2CC(F)(F)CN2C[C@H]1C(=O)NC[C@@H]1CCOc2ccccc21)C1CCOCC1. The quantitative estimate of drug-likeness (QED) is 0.425. The molecular weight excluding hydrogens is 536 g/mol. The summed E-state index contributed by atoms with van der Waals surface area (Å²) in [6, 6.07) is 4.79. The Bertz CT molecular complexity index is 1120. The van der Waals surface area contributed by atoms with E-state index in [4.69, 9.17) is 9.47 Å². The summed E-state index contributed by atoms with van der Waals surface area (Å²) in [5.74, 6) is -3.35. The molecule has 12 heteroatoms. The monoisotopic (exact) mass is 577 g/mol. The maximum absolute atomic E-state index is 14.4. The van der Waals surface area contributed by atoms with Crippen LogP contribution in [0.4, 0.5) is 8.78 Å². The normalized spacial score (nSPS) is 27.6. The number of carbonyl (C=O) groups is 3. The van der Waals surface area contributed by atoms with Crippen molar-refractivity contribution in [2.75, 3.05) is 53.0 Å². The van der Waals surface area contributed by atoms with Crippen molar-refractivity contribution in [3.63, 3.8) is 0 Å². The Morgan fingerprint density at radius 2 is 1.85 bits per heavy atom. The number of para-hydroxylation sites is 1. The molecule has 3 saturated heterocycles. The van der Waals surface area contributed by atoms with Crippen LogP contribution in [0.1, 0.15) is 44.1 Å². The number of nitrogens with zero attached hydrogens (tertiary/aromatic N) is 2. The van der Waals surface area contributed by atoms with Gasteiger partial charge in [-0.1, -0.05) is 18.2 Å². The fourth-order valence-corrected chi connectivity index (χ4v) is 6.49. The van der Waals surface area contributed by atoms with Gasteiger partial charge < -0.3 is 30.3 Å². The third kappa shape index (κ3) is 6.65. The van der Waals surface area contributed by atoms with Gasteiger partial charge in [-0.2, -0.15) is 0 Å². The highest BCUT2D eigenvalue weighted by Crippen LogP contribution is 2.36. The highest BCUT2D eigenvalue weighted by Gasteiger charge is 2.52. The van der Waals surface area contributed by atoms with E-state index in [1.807, 2.05) is 24.3 Å². The fraction of sp³-hybridized carbons (Fsp3) is 0.690. The molecule has 0 saturated carbocycles. The second-order valence-corrected chi connectivity index (χ2v) is 11.7. The standard InChI is InChI=1S/C29H41F2N5O5/c1-18(32-2)26(37)34-25(19-7-10-40-11-8-19)28(39)36-15-21-13-29(30,31)17-35(21)16-23(36)27(38)33-14-20-9-12-41-24-6-4-3-5-22(20)24/h3-6,18-21,23,25,32H,7-17H2,1-2H3,(H,33,38)(H,34,37)/t18-,20-,21+,23-,25-/m0/s1. The molecule has 0 bridgehead atoms. The summed E-state index contributed by atoms with van der Waals surface area (Å²) >= 11 is 0. The number of alkyl halides is 2. The van der Waals surface area contributed by atoms with Crippen molar-refractivity contribution in [3.8, 4) is 5.75 Å². The summed E-state index contributed by atoms with van der Waals surface area (Å²) < 4.78 is 40.1. The zero-order chi connectivity index (χ0) is 29.1. The Balaban J connectivity index is 1.36. The average molecular weight is 578 g/mol. The van der Waals surface area contributed by atoms with E-state index in [9.17, 15) is 23.2 Å². The molecule has 41 heavy (non-hydrogen) atoms. The number of ether oxygens (including phenoxy) is 2. The van der Waals surface area contributed by atoms with Gasteiger partial charge in [-0.3, -0.25) is 19.3 Å². The largest absolute Gasteiger partial charge is 0.493 e. The number of hydrogen-bond acceptors (Lipinski definition) is 7. The second kappa shape index (κ2) is 12.6. The first kappa shape index (κ1) is 29.7. The Hall–Kier alpha value is -2.83. The first-order valence-corrected chi connectivity index (χ1v) is 14.6. The van der Waals surface area contributed by atoms with Crippen LogP contribution in [0.5, 0.6) is 5.75 Å². The van der Waals surface area contributed by atoms with Gasteiger partial charge in [0.1, 0.15) is 17.8 Å². The van der Waals surface area contributed by atoms with Crippen molar-refractivity contribution < 1.29 is 32.6 Å². The Morgan fingerprint density at radius 3 is 2.61 bits per heavy atom. The number of carbonyl (C=O) groups excluding carboxylic acids is 3. The van der Waals surface area contributed by atoms with E-state index >= 15 is 0 Å². The van der Waals surface area contributed by atoms with Crippen LogP contribution < -0.4 is 20.7 Å². The van der Waals surface area contributed by atoms with Crippen molar-refractivity contribution in [2.24, 2.45) is 5.92 Å². The molecule has 0 unspecified atom stereocenters. The fourth-order valence-electron chi connectivity index (χ4n) is 6.49. The van der Waals surface area contributed by atoms with E-state index in [0.29, 0.717) is 39.2 Å². The molecule has 4 aliphatic heterocycles. The van der Waals surface area contributed by atoms with E-state index in [-0.39, 0.29) is 43.2 Å². The Morgan fingerprint density at radius 1 is 1.10 bits per heavy atom. The molecule has 0 aliphatic carbocycles. The predicted molar refractivity (Wildman–Crippen MR) is 147 cm³/mol. The number of halogens is 2. The lowest BCUT2D eigenvalue weighted by molar-refractivity contribution is -0.150. The highest BCUT2D eigenvalue weighted by molar-refractivity contribution is 5.93. The van der Waals surface area contributed by atoms with E-state index in [2.05, 4.69) is 16.0 Å².